The van der Waals surface area contributed by atoms with Gasteiger partial charge in [-0.05, 0) is 65.4 Å². The van der Waals surface area contributed by atoms with E-state index in [1.54, 1.807) is 24.3 Å². The average Bonchev–Trinajstić information content (AvgIpc) is 2.57. The third-order valence-electron chi connectivity index (χ3n) is 3.36. The first kappa shape index (κ1) is 16.4. The Labute approximate surface area is 150 Å². The molecule has 3 aromatic rings. The molecule has 0 atom stereocenters. The van der Waals surface area contributed by atoms with Gasteiger partial charge < -0.3 is 9.72 Å². The van der Waals surface area contributed by atoms with Crippen molar-refractivity contribution in [1.82, 2.24) is 9.66 Å². The number of rotatable bonds is 4. The van der Waals surface area contributed by atoms with Gasteiger partial charge in [0.2, 0.25) is 0 Å². The normalized spacial score (nSPS) is 11.2. The highest BCUT2D eigenvalue weighted by Crippen LogP contribution is 2.21. The van der Waals surface area contributed by atoms with Gasteiger partial charge in [-0.2, -0.15) is 5.10 Å². The fraction of sp³-hybridized carbons (Fsp3) is 0.118. The van der Waals surface area contributed by atoms with Crippen molar-refractivity contribution in [3.8, 4) is 5.75 Å². The van der Waals surface area contributed by atoms with Crippen molar-refractivity contribution in [2.75, 3.05) is 6.61 Å². The van der Waals surface area contributed by atoms with Crippen molar-refractivity contribution in [3.05, 3.63) is 72.4 Å². The summed E-state index contributed by atoms with van der Waals surface area (Å²) < 4.78 is 7.23. The number of nitrogens with zero attached hydrogens (tertiary/aromatic N) is 2. The molecule has 0 spiro atoms. The van der Waals surface area contributed by atoms with Crippen molar-refractivity contribution in [1.29, 1.82) is 0 Å². The number of H-pyrrole nitrogens is 1. The predicted octanol–water partition coefficient (Wildman–Crippen LogP) is 2.58. The Hall–Kier alpha value is -2.42. The minimum atomic E-state index is -0.574. The number of ether oxygens (including phenoxy) is 1. The minimum absolute atomic E-state index is 0.413. The average molecular weight is 435 g/mol. The molecule has 1 aromatic heterocycles. The molecule has 1 N–H and O–H groups in total. The van der Waals surface area contributed by atoms with Gasteiger partial charge >= 0.3 is 5.69 Å². The van der Waals surface area contributed by atoms with Crippen LogP contribution in [0.25, 0.3) is 10.9 Å². The van der Waals surface area contributed by atoms with Crippen LogP contribution in [-0.2, 0) is 0 Å². The summed E-state index contributed by atoms with van der Waals surface area (Å²) in [5.41, 5.74) is 0.235. The van der Waals surface area contributed by atoms with E-state index in [1.807, 2.05) is 25.1 Å². The predicted molar refractivity (Wildman–Crippen MR) is 102 cm³/mol. The summed E-state index contributed by atoms with van der Waals surface area (Å²) in [6.45, 7) is 2.51. The molecule has 0 aliphatic carbocycles. The summed E-state index contributed by atoms with van der Waals surface area (Å²) in [5.74, 6) is 0.788. The highest BCUT2D eigenvalue weighted by Gasteiger charge is 2.06. The van der Waals surface area contributed by atoms with Crippen molar-refractivity contribution in [2.24, 2.45) is 5.10 Å². The molecule has 24 heavy (non-hydrogen) atoms. The molecule has 0 bridgehead atoms. The van der Waals surface area contributed by atoms with Crippen LogP contribution in [-0.4, -0.2) is 22.5 Å². The SMILES string of the molecule is CCOc1ccc(C=Nn2c(=O)[nH]c3ccccc3c2=O)cc1I. The molecule has 122 valence electrons. The second-order valence-electron chi connectivity index (χ2n) is 4.96. The van der Waals surface area contributed by atoms with E-state index in [1.165, 1.54) is 6.21 Å². The van der Waals surface area contributed by atoms with E-state index in [0.29, 0.717) is 17.5 Å². The van der Waals surface area contributed by atoms with Gasteiger partial charge in [0, 0.05) is 0 Å². The number of nitrogens with one attached hydrogen (secondary N) is 1. The van der Waals surface area contributed by atoms with Gasteiger partial charge in [0.05, 0.1) is 27.3 Å². The molecule has 0 radical (unpaired) electrons. The first-order chi connectivity index (χ1) is 11.6. The summed E-state index contributed by atoms with van der Waals surface area (Å²) in [6, 6.07) is 12.4. The quantitative estimate of drug-likeness (QED) is 0.506. The van der Waals surface area contributed by atoms with Crippen LogP contribution in [0.2, 0.25) is 0 Å². The van der Waals surface area contributed by atoms with Gasteiger partial charge in [-0.15, -0.1) is 4.68 Å². The van der Waals surface area contributed by atoms with Gasteiger partial charge in [-0.3, -0.25) is 4.79 Å². The molecule has 0 saturated heterocycles. The number of fused-ring (bicyclic) bond motifs is 1. The zero-order chi connectivity index (χ0) is 17.1. The molecule has 6 nitrogen and oxygen atoms in total. The monoisotopic (exact) mass is 435 g/mol. The van der Waals surface area contributed by atoms with E-state index in [4.69, 9.17) is 4.74 Å². The van der Waals surface area contributed by atoms with Crippen LogP contribution < -0.4 is 16.0 Å². The molecule has 0 aliphatic heterocycles. The maximum absolute atomic E-state index is 12.4. The number of benzene rings is 2. The van der Waals surface area contributed by atoms with Crippen LogP contribution in [0.1, 0.15) is 12.5 Å². The van der Waals surface area contributed by atoms with Crippen molar-refractivity contribution in [2.45, 2.75) is 6.92 Å². The fourth-order valence-electron chi connectivity index (χ4n) is 2.25. The number of halogens is 1. The lowest BCUT2D eigenvalue weighted by molar-refractivity contribution is 0.338. The molecular weight excluding hydrogens is 421 g/mol. The van der Waals surface area contributed by atoms with Crippen molar-refractivity contribution < 1.29 is 4.74 Å². The van der Waals surface area contributed by atoms with Crippen molar-refractivity contribution in [3.63, 3.8) is 0 Å². The lowest BCUT2D eigenvalue weighted by Crippen LogP contribution is -2.32. The number of aromatic nitrogens is 2. The van der Waals surface area contributed by atoms with Gasteiger partial charge in [-0.1, -0.05) is 12.1 Å². The van der Waals surface area contributed by atoms with Crippen molar-refractivity contribution >= 4 is 39.7 Å². The van der Waals surface area contributed by atoms with Gasteiger partial charge in [-0.25, -0.2) is 4.79 Å². The van der Waals surface area contributed by atoms with Crippen LogP contribution >= 0.6 is 22.6 Å². The number of hydrogen-bond acceptors (Lipinski definition) is 4. The third kappa shape index (κ3) is 3.25. The second kappa shape index (κ2) is 7.00. The summed E-state index contributed by atoms with van der Waals surface area (Å²) >= 11 is 2.17. The van der Waals surface area contributed by atoms with Gasteiger partial charge in [0.25, 0.3) is 5.56 Å². The third-order valence-corrected chi connectivity index (χ3v) is 4.20. The highest BCUT2D eigenvalue weighted by molar-refractivity contribution is 14.1. The Morgan fingerprint density at radius 1 is 1.25 bits per heavy atom. The minimum Gasteiger partial charge on any atom is -0.493 e. The number of aromatic amines is 1. The van der Waals surface area contributed by atoms with E-state index in [9.17, 15) is 9.59 Å². The Balaban J connectivity index is 2.01. The molecule has 3 rings (SSSR count). The van der Waals surface area contributed by atoms with E-state index >= 15 is 0 Å². The van der Waals surface area contributed by atoms with Crippen LogP contribution in [0.15, 0.2) is 57.2 Å². The Morgan fingerprint density at radius 3 is 2.79 bits per heavy atom. The highest BCUT2D eigenvalue weighted by atomic mass is 127. The molecule has 0 unspecified atom stereocenters. The second-order valence-corrected chi connectivity index (χ2v) is 6.12. The van der Waals surface area contributed by atoms with Gasteiger partial charge in [0.1, 0.15) is 5.75 Å². The maximum Gasteiger partial charge on any atom is 0.349 e. The smallest absolute Gasteiger partial charge is 0.349 e. The molecule has 7 heteroatoms. The fourth-order valence-corrected chi connectivity index (χ4v) is 2.95. The maximum atomic E-state index is 12.4. The summed E-state index contributed by atoms with van der Waals surface area (Å²) in [6.07, 6.45) is 1.48. The molecule has 0 aliphatic rings. The zero-order valence-electron chi connectivity index (χ0n) is 12.8. The lowest BCUT2D eigenvalue weighted by atomic mass is 10.2. The summed E-state index contributed by atoms with van der Waals surface area (Å²) in [7, 11) is 0. The number of para-hydroxylation sites is 1. The largest absolute Gasteiger partial charge is 0.493 e. The summed E-state index contributed by atoms with van der Waals surface area (Å²) in [5, 5.41) is 4.45. The Morgan fingerprint density at radius 2 is 2.04 bits per heavy atom. The van der Waals surface area contributed by atoms with Crippen LogP contribution in [0, 0.1) is 3.57 Å². The van der Waals surface area contributed by atoms with Crippen LogP contribution in [0.3, 0.4) is 0 Å². The molecule has 0 fully saturated rings. The van der Waals surface area contributed by atoms with E-state index in [-0.39, 0.29) is 0 Å². The topological polar surface area (TPSA) is 76.5 Å². The van der Waals surface area contributed by atoms with Crippen LogP contribution in [0.4, 0.5) is 0 Å². The van der Waals surface area contributed by atoms with E-state index in [2.05, 4.69) is 32.7 Å². The van der Waals surface area contributed by atoms with E-state index < -0.39 is 11.2 Å². The van der Waals surface area contributed by atoms with Gasteiger partial charge in [0.15, 0.2) is 0 Å². The first-order valence-electron chi connectivity index (χ1n) is 7.31. The zero-order valence-corrected chi connectivity index (χ0v) is 15.0. The summed E-state index contributed by atoms with van der Waals surface area (Å²) in [4.78, 5) is 27.1. The van der Waals surface area contributed by atoms with E-state index in [0.717, 1.165) is 19.6 Å². The Kier molecular flexibility index (Phi) is 4.79. The standard InChI is InChI=1S/C17H14IN3O3/c1-2-24-15-8-7-11(9-13(15)18)10-19-21-16(22)12-5-3-4-6-14(12)20-17(21)23/h3-10H,2H2,1H3,(H,20,23). The molecule has 2 aromatic carbocycles. The first-order valence-corrected chi connectivity index (χ1v) is 8.39. The molecule has 0 amide bonds. The molecular formula is C17H14IN3O3. The lowest BCUT2D eigenvalue weighted by Gasteiger charge is -2.06. The molecule has 1 heterocycles. The number of hydrogen-bond donors (Lipinski definition) is 1. The van der Waals surface area contributed by atoms with Crippen LogP contribution in [0.5, 0.6) is 5.75 Å². The molecule has 0 saturated carbocycles. The Bertz CT molecular complexity index is 1040.